The third-order valence-electron chi connectivity index (χ3n) is 4.38. The van der Waals surface area contributed by atoms with Crippen molar-refractivity contribution in [1.29, 1.82) is 0 Å². The maximum absolute atomic E-state index is 12.2. The second-order valence-corrected chi connectivity index (χ2v) is 6.91. The molecule has 0 bridgehead atoms. The summed E-state index contributed by atoms with van der Waals surface area (Å²) in [6.07, 6.45) is 0. The number of aliphatic carboxylic acids is 1. The van der Waals surface area contributed by atoms with Crippen LogP contribution in [0.25, 0.3) is 0 Å². The van der Waals surface area contributed by atoms with Crippen molar-refractivity contribution in [3.05, 3.63) is 52.6 Å². The number of anilines is 1. The van der Waals surface area contributed by atoms with Gasteiger partial charge in [-0.1, -0.05) is 17.7 Å². The third kappa shape index (κ3) is 6.23. The summed E-state index contributed by atoms with van der Waals surface area (Å²) in [5.74, 6) is -0.663. The number of amides is 1. The molecule has 160 valence electrons. The molecule has 3 N–H and O–H groups in total. The molecule has 8 nitrogen and oxygen atoms in total. The fraction of sp³-hybridized carbons (Fsp3) is 0.318. The van der Waals surface area contributed by atoms with E-state index in [4.69, 9.17) is 14.6 Å². The number of hydrogen-bond donors (Lipinski definition) is 3. The fourth-order valence-corrected chi connectivity index (χ4v) is 3.03. The van der Waals surface area contributed by atoms with Crippen molar-refractivity contribution in [1.82, 2.24) is 5.43 Å². The van der Waals surface area contributed by atoms with Gasteiger partial charge in [0.1, 0.15) is 0 Å². The Bertz CT molecular complexity index is 946. The van der Waals surface area contributed by atoms with E-state index in [0.717, 1.165) is 16.8 Å². The van der Waals surface area contributed by atoms with Gasteiger partial charge in [0.15, 0.2) is 18.1 Å². The molecule has 0 unspecified atom stereocenters. The summed E-state index contributed by atoms with van der Waals surface area (Å²) in [6, 6.07) is 9.10. The van der Waals surface area contributed by atoms with Gasteiger partial charge in [-0.05, 0) is 57.0 Å². The smallest absolute Gasteiger partial charge is 0.341 e. The van der Waals surface area contributed by atoms with Crippen LogP contribution in [-0.2, 0) is 9.59 Å². The zero-order valence-electron chi connectivity index (χ0n) is 17.8. The number of carboxylic acid groups (broad SMARTS) is 1. The SMILES string of the molecule is COc1cc(/C(C)=N\NC(=O)CNc2c(C)cc(C)cc2C)ccc1OCC(=O)O. The first-order valence-corrected chi connectivity index (χ1v) is 9.39. The van der Waals surface area contributed by atoms with Crippen LogP contribution >= 0.6 is 0 Å². The average Bonchev–Trinajstić information content (AvgIpc) is 2.69. The molecule has 0 fully saturated rings. The predicted molar refractivity (Wildman–Crippen MR) is 116 cm³/mol. The highest BCUT2D eigenvalue weighted by Crippen LogP contribution is 2.28. The molecule has 0 aliphatic carbocycles. The minimum atomic E-state index is -1.08. The zero-order valence-corrected chi connectivity index (χ0v) is 17.8. The van der Waals surface area contributed by atoms with Crippen LogP contribution in [0.15, 0.2) is 35.4 Å². The molecule has 0 saturated carbocycles. The lowest BCUT2D eigenvalue weighted by molar-refractivity contribution is -0.139. The van der Waals surface area contributed by atoms with Crippen LogP contribution < -0.4 is 20.2 Å². The van der Waals surface area contributed by atoms with Gasteiger partial charge in [0.05, 0.1) is 19.4 Å². The molecule has 1 amide bonds. The van der Waals surface area contributed by atoms with Gasteiger partial charge in [0.2, 0.25) is 0 Å². The largest absolute Gasteiger partial charge is 0.493 e. The lowest BCUT2D eigenvalue weighted by Crippen LogP contribution is -2.27. The average molecular weight is 413 g/mol. The number of ether oxygens (including phenoxy) is 2. The number of nitrogens with one attached hydrogen (secondary N) is 2. The predicted octanol–water partition coefficient (Wildman–Crippen LogP) is 3.04. The van der Waals surface area contributed by atoms with Crippen LogP contribution in [-0.4, -0.2) is 43.0 Å². The van der Waals surface area contributed by atoms with Crippen molar-refractivity contribution in [2.45, 2.75) is 27.7 Å². The van der Waals surface area contributed by atoms with Gasteiger partial charge in [-0.15, -0.1) is 0 Å². The maximum Gasteiger partial charge on any atom is 0.341 e. The highest BCUT2D eigenvalue weighted by atomic mass is 16.5. The van der Waals surface area contributed by atoms with Crippen molar-refractivity contribution in [2.24, 2.45) is 5.10 Å². The second kappa shape index (κ2) is 10.3. The van der Waals surface area contributed by atoms with Gasteiger partial charge in [0, 0.05) is 11.3 Å². The second-order valence-electron chi connectivity index (χ2n) is 6.91. The summed E-state index contributed by atoms with van der Waals surface area (Å²) in [7, 11) is 1.46. The molecule has 0 radical (unpaired) electrons. The van der Waals surface area contributed by atoms with Gasteiger partial charge in [-0.25, -0.2) is 10.2 Å². The van der Waals surface area contributed by atoms with Crippen molar-refractivity contribution < 1.29 is 24.2 Å². The number of carboxylic acids is 1. The van der Waals surface area contributed by atoms with Crippen LogP contribution in [0.3, 0.4) is 0 Å². The number of carbonyl (C=O) groups excluding carboxylic acids is 1. The van der Waals surface area contributed by atoms with Gasteiger partial charge in [0.25, 0.3) is 5.91 Å². The molecular formula is C22H27N3O5. The normalized spacial score (nSPS) is 11.0. The molecule has 0 aliphatic heterocycles. The van der Waals surface area contributed by atoms with Crippen LogP contribution in [0.1, 0.15) is 29.2 Å². The van der Waals surface area contributed by atoms with E-state index in [1.807, 2.05) is 20.8 Å². The van der Waals surface area contributed by atoms with Crippen LogP contribution in [0, 0.1) is 20.8 Å². The Morgan fingerprint density at radius 1 is 1.07 bits per heavy atom. The quantitative estimate of drug-likeness (QED) is 0.431. The molecule has 0 saturated heterocycles. The van der Waals surface area contributed by atoms with Crippen molar-refractivity contribution in [3.63, 3.8) is 0 Å². The van der Waals surface area contributed by atoms with Gasteiger partial charge in [-0.2, -0.15) is 5.10 Å². The summed E-state index contributed by atoms with van der Waals surface area (Å²) in [5.41, 5.74) is 8.08. The van der Waals surface area contributed by atoms with Gasteiger partial charge >= 0.3 is 5.97 Å². The molecule has 30 heavy (non-hydrogen) atoms. The van der Waals surface area contributed by atoms with Crippen LogP contribution in [0.2, 0.25) is 0 Å². The van der Waals surface area contributed by atoms with E-state index in [0.29, 0.717) is 22.8 Å². The van der Waals surface area contributed by atoms with E-state index in [1.54, 1.807) is 25.1 Å². The summed E-state index contributed by atoms with van der Waals surface area (Å²) >= 11 is 0. The number of rotatable bonds is 9. The molecule has 0 aliphatic rings. The van der Waals surface area contributed by atoms with Crippen LogP contribution in [0.5, 0.6) is 11.5 Å². The van der Waals surface area contributed by atoms with Crippen LogP contribution in [0.4, 0.5) is 5.69 Å². The van der Waals surface area contributed by atoms with E-state index in [9.17, 15) is 9.59 Å². The lowest BCUT2D eigenvalue weighted by Gasteiger charge is -2.13. The van der Waals surface area contributed by atoms with Gasteiger partial charge < -0.3 is 19.9 Å². The number of nitrogens with zero attached hydrogens (tertiary/aromatic N) is 1. The number of hydrazone groups is 1. The maximum atomic E-state index is 12.2. The number of benzene rings is 2. The molecule has 2 aromatic rings. The Balaban J connectivity index is 2.00. The number of aryl methyl sites for hydroxylation is 3. The minimum Gasteiger partial charge on any atom is -0.493 e. The molecule has 0 atom stereocenters. The Morgan fingerprint density at radius 3 is 2.33 bits per heavy atom. The van der Waals surface area contributed by atoms with E-state index < -0.39 is 12.6 Å². The Morgan fingerprint density at radius 2 is 1.73 bits per heavy atom. The first-order chi connectivity index (χ1) is 14.2. The molecule has 8 heteroatoms. The fourth-order valence-electron chi connectivity index (χ4n) is 3.03. The highest BCUT2D eigenvalue weighted by molar-refractivity contribution is 6.00. The molecule has 2 aromatic carbocycles. The number of hydrogen-bond acceptors (Lipinski definition) is 6. The molecular weight excluding hydrogens is 386 g/mol. The monoisotopic (exact) mass is 413 g/mol. The van der Waals surface area contributed by atoms with Crippen molar-refractivity contribution in [2.75, 3.05) is 25.6 Å². The topological polar surface area (TPSA) is 109 Å². The Labute approximate surface area is 175 Å². The number of carbonyl (C=O) groups is 2. The third-order valence-corrected chi connectivity index (χ3v) is 4.38. The first-order valence-electron chi connectivity index (χ1n) is 9.39. The van der Waals surface area contributed by atoms with E-state index in [1.165, 1.54) is 12.7 Å². The highest BCUT2D eigenvalue weighted by Gasteiger charge is 2.10. The van der Waals surface area contributed by atoms with E-state index in [-0.39, 0.29) is 12.5 Å². The Hall–Kier alpha value is -3.55. The zero-order chi connectivity index (χ0) is 22.3. The van der Waals surface area contributed by atoms with Gasteiger partial charge in [-0.3, -0.25) is 4.79 Å². The lowest BCUT2D eigenvalue weighted by atomic mass is 10.1. The molecule has 2 rings (SSSR count). The van der Waals surface area contributed by atoms with E-state index >= 15 is 0 Å². The number of methoxy groups -OCH3 is 1. The van der Waals surface area contributed by atoms with Crippen molar-refractivity contribution in [3.8, 4) is 11.5 Å². The summed E-state index contributed by atoms with van der Waals surface area (Å²) < 4.78 is 10.4. The first kappa shape index (κ1) is 22.7. The summed E-state index contributed by atoms with van der Waals surface area (Å²) in [6.45, 7) is 7.40. The van der Waals surface area contributed by atoms with E-state index in [2.05, 4.69) is 28.0 Å². The molecule has 0 heterocycles. The standard InChI is InChI=1S/C22H27N3O5/c1-13-8-14(2)22(15(3)9-13)23-11-20(26)25-24-16(4)17-6-7-18(19(10-17)29-5)30-12-21(27)28/h6-10,23H,11-12H2,1-5H3,(H,25,26)(H,27,28)/b24-16-. The summed E-state index contributed by atoms with van der Waals surface area (Å²) in [4.78, 5) is 22.8. The Kier molecular flexibility index (Phi) is 7.80. The van der Waals surface area contributed by atoms with Crippen molar-refractivity contribution >= 4 is 23.3 Å². The summed E-state index contributed by atoms with van der Waals surface area (Å²) in [5, 5.41) is 16.0. The minimum absolute atomic E-state index is 0.0901. The molecule has 0 spiro atoms. The molecule has 0 aromatic heterocycles.